The lowest BCUT2D eigenvalue weighted by Gasteiger charge is -2.25. The molecule has 6 rings (SSSR count). The molecule has 1 saturated heterocycles. The molecule has 3 heterocycles. The van der Waals surface area contributed by atoms with Gasteiger partial charge in [0.25, 0.3) is 11.8 Å². The van der Waals surface area contributed by atoms with E-state index in [1.807, 2.05) is 0 Å². The second-order valence-electron chi connectivity index (χ2n) is 11.0. The van der Waals surface area contributed by atoms with Crippen LogP contribution in [0.5, 0.6) is 0 Å². The molecule has 3 atom stereocenters. The zero-order valence-corrected chi connectivity index (χ0v) is 23.0. The number of aromatic amines is 1. The quantitative estimate of drug-likeness (QED) is 0.273. The van der Waals surface area contributed by atoms with Gasteiger partial charge >= 0.3 is 0 Å². The molecule has 8 nitrogen and oxygen atoms in total. The number of H-pyrrole nitrogens is 1. The lowest BCUT2D eigenvalue weighted by Crippen LogP contribution is -2.49. The zero-order valence-electron chi connectivity index (χ0n) is 23.0. The van der Waals surface area contributed by atoms with Crippen LogP contribution in [-0.4, -0.2) is 64.1 Å². The van der Waals surface area contributed by atoms with Gasteiger partial charge in [-0.3, -0.25) is 19.4 Å². The Kier molecular flexibility index (Phi) is 6.94. The molecular weight excluding hydrogens is 566 g/mol. The van der Waals surface area contributed by atoms with E-state index in [4.69, 9.17) is 0 Å². The van der Waals surface area contributed by atoms with Gasteiger partial charge in [-0.1, -0.05) is 30.3 Å². The van der Waals surface area contributed by atoms with Gasteiger partial charge in [0.1, 0.15) is 12.7 Å². The first-order valence-corrected chi connectivity index (χ1v) is 13.7. The van der Waals surface area contributed by atoms with Gasteiger partial charge in [-0.2, -0.15) is 8.78 Å². The molecule has 0 bridgehead atoms. The van der Waals surface area contributed by atoms with Crippen molar-refractivity contribution < 1.29 is 31.9 Å². The predicted molar refractivity (Wildman–Crippen MR) is 150 cm³/mol. The van der Waals surface area contributed by atoms with Crippen molar-refractivity contribution in [2.24, 2.45) is 0 Å². The van der Waals surface area contributed by atoms with Crippen molar-refractivity contribution in [3.63, 3.8) is 0 Å². The number of nitrogens with one attached hydrogen (secondary N) is 3. The van der Waals surface area contributed by atoms with Crippen LogP contribution in [0.15, 0.2) is 67.0 Å². The van der Waals surface area contributed by atoms with Crippen LogP contribution < -0.4 is 10.6 Å². The number of rotatable bonds is 7. The molecule has 43 heavy (non-hydrogen) atoms. The normalized spacial score (nSPS) is 20.9. The minimum atomic E-state index is -3.21. The fourth-order valence-electron chi connectivity index (χ4n) is 5.82. The summed E-state index contributed by atoms with van der Waals surface area (Å²) in [5.74, 6) is -5.39. The molecule has 3 N–H and O–H groups in total. The molecule has 12 heteroatoms. The lowest BCUT2D eigenvalue weighted by molar-refractivity contribution is -0.138. The molecule has 2 aromatic carbocycles. The van der Waals surface area contributed by atoms with E-state index in [2.05, 4.69) is 20.6 Å². The Bertz CT molecular complexity index is 1730. The van der Waals surface area contributed by atoms with Gasteiger partial charge in [-0.05, 0) is 42.3 Å². The molecule has 0 unspecified atom stereocenters. The first-order chi connectivity index (χ1) is 20.5. The Morgan fingerprint density at radius 2 is 1.84 bits per heavy atom. The first-order valence-electron chi connectivity index (χ1n) is 13.7. The zero-order chi connectivity index (χ0) is 30.5. The number of benzene rings is 2. The molecule has 3 amide bonds. The van der Waals surface area contributed by atoms with E-state index in [9.17, 15) is 27.6 Å². The summed E-state index contributed by atoms with van der Waals surface area (Å²) >= 11 is 0. The van der Waals surface area contributed by atoms with Gasteiger partial charge in [0.15, 0.2) is 5.67 Å². The summed E-state index contributed by atoms with van der Waals surface area (Å²) in [5.41, 5.74) is -0.779. The Hall–Kier alpha value is -4.74. The van der Waals surface area contributed by atoms with E-state index in [1.54, 1.807) is 43.6 Å². The van der Waals surface area contributed by atoms with Gasteiger partial charge < -0.3 is 20.5 Å². The average Bonchev–Trinajstić information content (AvgIpc) is 3.67. The molecule has 2 aromatic heterocycles. The van der Waals surface area contributed by atoms with Gasteiger partial charge in [-0.15, -0.1) is 0 Å². The molecule has 1 aliphatic carbocycles. The second-order valence-corrected chi connectivity index (χ2v) is 11.0. The van der Waals surface area contributed by atoms with Crippen LogP contribution in [0.1, 0.15) is 46.6 Å². The topological polar surface area (TPSA) is 107 Å². The first kappa shape index (κ1) is 28.4. The Labute approximate surface area is 243 Å². The molecule has 222 valence electrons. The van der Waals surface area contributed by atoms with Crippen molar-refractivity contribution in [3.8, 4) is 11.1 Å². The van der Waals surface area contributed by atoms with Crippen LogP contribution in [0.3, 0.4) is 0 Å². The van der Waals surface area contributed by atoms with Crippen molar-refractivity contribution in [2.75, 3.05) is 19.8 Å². The van der Waals surface area contributed by atoms with Crippen molar-refractivity contribution >= 4 is 28.6 Å². The number of fused-ring (bicyclic) bond motifs is 4. The molecule has 0 spiro atoms. The number of nitrogens with zero attached hydrogens (tertiary/aromatic N) is 2. The van der Waals surface area contributed by atoms with Crippen LogP contribution in [0.4, 0.5) is 17.6 Å². The van der Waals surface area contributed by atoms with E-state index in [-0.39, 0.29) is 22.3 Å². The third-order valence-corrected chi connectivity index (χ3v) is 8.09. The lowest BCUT2D eigenvalue weighted by atomic mass is 10.0. The fourth-order valence-corrected chi connectivity index (χ4v) is 5.82. The maximum absolute atomic E-state index is 15.1. The highest BCUT2D eigenvalue weighted by molar-refractivity contribution is 5.99. The van der Waals surface area contributed by atoms with Crippen LogP contribution in [0.25, 0.3) is 22.0 Å². The van der Waals surface area contributed by atoms with Crippen molar-refractivity contribution in [3.05, 3.63) is 89.4 Å². The number of carbonyl (C=O) groups excluding carboxylic acids is 3. The number of amides is 3. The minimum Gasteiger partial charge on any atom is -0.357 e. The fraction of sp³-hybridized carbons (Fsp3) is 0.290. The predicted octanol–water partition coefficient (Wildman–Crippen LogP) is 4.57. The third-order valence-electron chi connectivity index (χ3n) is 8.09. The van der Waals surface area contributed by atoms with Gasteiger partial charge in [0.2, 0.25) is 11.8 Å². The molecule has 0 saturated carbocycles. The number of pyridine rings is 1. The maximum Gasteiger partial charge on any atom is 0.299 e. The van der Waals surface area contributed by atoms with Crippen LogP contribution >= 0.6 is 0 Å². The number of hydrogen-bond donors (Lipinski definition) is 3. The average molecular weight is 594 g/mol. The minimum absolute atomic E-state index is 0.0423. The number of likely N-dealkylation sites (tertiary alicyclic amines) is 1. The molecule has 1 fully saturated rings. The summed E-state index contributed by atoms with van der Waals surface area (Å²) in [6.07, 6.45) is 2.73. The van der Waals surface area contributed by atoms with Gasteiger partial charge in [-0.25, -0.2) is 8.78 Å². The van der Waals surface area contributed by atoms with E-state index < -0.39 is 67.6 Å². The maximum atomic E-state index is 15.1. The van der Waals surface area contributed by atoms with E-state index in [0.29, 0.717) is 11.3 Å². The molecule has 0 radical (unpaired) electrons. The van der Waals surface area contributed by atoms with E-state index in [0.717, 1.165) is 15.8 Å². The smallest absolute Gasteiger partial charge is 0.299 e. The van der Waals surface area contributed by atoms with Crippen molar-refractivity contribution in [1.82, 2.24) is 25.5 Å². The summed E-state index contributed by atoms with van der Waals surface area (Å²) in [6, 6.07) is 11.5. The number of carbonyl (C=O) groups is 3. The summed E-state index contributed by atoms with van der Waals surface area (Å²) in [6.45, 7) is -0.953. The van der Waals surface area contributed by atoms with Crippen LogP contribution in [-0.2, 0) is 15.5 Å². The molecule has 2 aliphatic rings. The SMILES string of the molecule is C[C@@H](NC(=O)[C@@H]1C[C@](F)(CF)CN1C(=O)CNC(=O)c1ccc2c(c1)-c1ccccc1C2(F)F)c1cc2cnccc2[nH]1. The Balaban J connectivity index is 1.14. The largest absolute Gasteiger partial charge is 0.357 e. The van der Waals surface area contributed by atoms with Gasteiger partial charge in [0.05, 0.1) is 19.1 Å². The van der Waals surface area contributed by atoms with E-state index in [1.165, 1.54) is 30.3 Å². The Morgan fingerprint density at radius 1 is 1.07 bits per heavy atom. The molecule has 4 aromatic rings. The summed E-state index contributed by atoms with van der Waals surface area (Å²) in [5, 5.41) is 6.00. The van der Waals surface area contributed by atoms with Crippen LogP contribution in [0, 0.1) is 0 Å². The summed E-state index contributed by atoms with van der Waals surface area (Å²) in [7, 11) is 0. The second kappa shape index (κ2) is 10.5. The highest BCUT2D eigenvalue weighted by Crippen LogP contribution is 2.50. The Morgan fingerprint density at radius 3 is 2.60 bits per heavy atom. The van der Waals surface area contributed by atoms with Crippen molar-refractivity contribution in [2.45, 2.75) is 37.0 Å². The summed E-state index contributed by atoms with van der Waals surface area (Å²) < 4.78 is 58.5. The monoisotopic (exact) mass is 593 g/mol. The number of halogens is 4. The highest BCUT2D eigenvalue weighted by atomic mass is 19.3. The summed E-state index contributed by atoms with van der Waals surface area (Å²) in [4.78, 5) is 47.4. The van der Waals surface area contributed by atoms with E-state index >= 15 is 4.39 Å². The molecule has 1 aliphatic heterocycles. The number of alkyl halides is 4. The number of hydrogen-bond acceptors (Lipinski definition) is 4. The van der Waals surface area contributed by atoms with Crippen molar-refractivity contribution in [1.29, 1.82) is 0 Å². The third kappa shape index (κ3) is 5.00. The number of aromatic nitrogens is 2. The van der Waals surface area contributed by atoms with Crippen LogP contribution in [0.2, 0.25) is 0 Å². The standard InChI is InChI=1S/C31H27F4N5O3/c1-17(25-11-19-13-36-9-8-24(19)39-25)38-29(43)26-12-30(33,15-32)16-40(26)27(41)14-37-28(42)18-6-7-23-21(10-18)20-4-2-3-5-22(20)31(23,34)35/h2-11,13,17,26,39H,12,14-16H2,1H3,(H,37,42)(H,38,43)/t17-,26+,30+/m1/s1. The highest BCUT2D eigenvalue weighted by Gasteiger charge is 2.50. The molecular formula is C31H27F4N5O3. The van der Waals surface area contributed by atoms with Gasteiger partial charge in [0, 0.05) is 52.1 Å².